The van der Waals surface area contributed by atoms with Crippen molar-refractivity contribution in [3.63, 3.8) is 0 Å². The smallest absolute Gasteiger partial charge is 0.0415 e. The van der Waals surface area contributed by atoms with Gasteiger partial charge in [0.05, 0.1) is 0 Å². The molecule has 0 aliphatic carbocycles. The summed E-state index contributed by atoms with van der Waals surface area (Å²) in [6, 6.07) is 2.78. The molecule has 0 saturated heterocycles. The van der Waals surface area contributed by atoms with Crippen LogP contribution in [0.5, 0.6) is 0 Å². The fourth-order valence-corrected chi connectivity index (χ4v) is 3.07. The van der Waals surface area contributed by atoms with Crippen LogP contribution in [0, 0.1) is 0 Å². The maximum absolute atomic E-state index is 3.54. The van der Waals surface area contributed by atoms with Crippen molar-refractivity contribution in [2.24, 2.45) is 0 Å². The molecule has 1 rings (SSSR count). The predicted octanol–water partition coefficient (Wildman–Crippen LogP) is 4.35. The van der Waals surface area contributed by atoms with E-state index in [4.69, 9.17) is 0 Å². The van der Waals surface area contributed by atoms with Gasteiger partial charge in [-0.05, 0) is 35.0 Å². The van der Waals surface area contributed by atoms with E-state index in [0.29, 0.717) is 6.04 Å². The van der Waals surface area contributed by atoms with Crippen molar-refractivity contribution in [3.8, 4) is 0 Å². The molecule has 0 saturated carbocycles. The molecule has 80 valence electrons. The normalized spacial score (nSPS) is 13.1. The third kappa shape index (κ3) is 3.71. The van der Waals surface area contributed by atoms with Gasteiger partial charge in [0.2, 0.25) is 0 Å². The Morgan fingerprint density at radius 1 is 1.50 bits per heavy atom. The van der Waals surface area contributed by atoms with Crippen LogP contribution in [0.4, 0.5) is 0 Å². The van der Waals surface area contributed by atoms with Gasteiger partial charge in [0.15, 0.2) is 0 Å². The zero-order valence-electron chi connectivity index (χ0n) is 8.85. The number of halogens is 1. The molecule has 0 amide bonds. The average Bonchev–Trinajstić information content (AvgIpc) is 2.59. The van der Waals surface area contributed by atoms with Gasteiger partial charge in [-0.15, -0.1) is 11.3 Å². The van der Waals surface area contributed by atoms with Crippen LogP contribution in [0.1, 0.15) is 44.0 Å². The van der Waals surface area contributed by atoms with E-state index in [1.807, 2.05) is 11.3 Å². The van der Waals surface area contributed by atoms with Gasteiger partial charge in [-0.1, -0.05) is 26.7 Å². The van der Waals surface area contributed by atoms with Gasteiger partial charge in [-0.2, -0.15) is 0 Å². The Balaban J connectivity index is 2.57. The minimum atomic E-state index is 0.552. The van der Waals surface area contributed by atoms with Crippen molar-refractivity contribution in [1.82, 2.24) is 5.32 Å². The second-order valence-electron chi connectivity index (χ2n) is 3.42. The molecule has 14 heavy (non-hydrogen) atoms. The van der Waals surface area contributed by atoms with Gasteiger partial charge in [-0.3, -0.25) is 0 Å². The highest BCUT2D eigenvalue weighted by atomic mass is 79.9. The summed E-state index contributed by atoms with van der Waals surface area (Å²) in [6.07, 6.45) is 3.82. The third-order valence-electron chi connectivity index (χ3n) is 2.23. The Bertz CT molecular complexity index is 260. The average molecular weight is 276 g/mol. The van der Waals surface area contributed by atoms with Gasteiger partial charge in [0, 0.05) is 20.8 Å². The summed E-state index contributed by atoms with van der Waals surface area (Å²) in [5, 5.41) is 5.69. The number of nitrogens with one attached hydrogen (secondary N) is 1. The van der Waals surface area contributed by atoms with Crippen molar-refractivity contribution >= 4 is 27.3 Å². The van der Waals surface area contributed by atoms with Crippen LogP contribution in [0.2, 0.25) is 0 Å². The van der Waals surface area contributed by atoms with Gasteiger partial charge >= 0.3 is 0 Å². The first-order valence-electron chi connectivity index (χ1n) is 5.25. The number of thiophene rings is 1. The van der Waals surface area contributed by atoms with E-state index >= 15 is 0 Å². The second-order valence-corrected chi connectivity index (χ2v) is 5.28. The first-order chi connectivity index (χ1) is 6.77. The van der Waals surface area contributed by atoms with Crippen LogP contribution in [0.15, 0.2) is 15.9 Å². The number of hydrogen-bond acceptors (Lipinski definition) is 2. The van der Waals surface area contributed by atoms with Crippen molar-refractivity contribution in [1.29, 1.82) is 0 Å². The highest BCUT2D eigenvalue weighted by Crippen LogP contribution is 2.28. The summed E-state index contributed by atoms with van der Waals surface area (Å²) in [4.78, 5) is 1.45. The maximum Gasteiger partial charge on any atom is 0.0415 e. The van der Waals surface area contributed by atoms with Crippen LogP contribution in [-0.4, -0.2) is 6.54 Å². The summed E-state index contributed by atoms with van der Waals surface area (Å²) < 4.78 is 1.21. The van der Waals surface area contributed by atoms with Gasteiger partial charge in [0.1, 0.15) is 0 Å². The largest absolute Gasteiger partial charge is 0.310 e. The Morgan fingerprint density at radius 2 is 2.29 bits per heavy atom. The zero-order valence-corrected chi connectivity index (χ0v) is 11.2. The second kappa shape index (κ2) is 6.59. The quantitative estimate of drug-likeness (QED) is 0.814. The summed E-state index contributed by atoms with van der Waals surface area (Å²) in [5.41, 5.74) is 0. The van der Waals surface area contributed by atoms with Gasteiger partial charge < -0.3 is 5.32 Å². The summed E-state index contributed by atoms with van der Waals surface area (Å²) in [5.74, 6) is 0. The highest BCUT2D eigenvalue weighted by molar-refractivity contribution is 9.10. The van der Waals surface area contributed by atoms with Gasteiger partial charge in [0.25, 0.3) is 0 Å². The van der Waals surface area contributed by atoms with Crippen LogP contribution >= 0.6 is 27.3 Å². The maximum atomic E-state index is 3.54. The van der Waals surface area contributed by atoms with Crippen molar-refractivity contribution in [2.75, 3.05) is 6.54 Å². The fraction of sp³-hybridized carbons (Fsp3) is 0.636. The molecule has 0 radical (unpaired) electrons. The van der Waals surface area contributed by atoms with E-state index in [0.717, 1.165) is 6.54 Å². The molecule has 1 nitrogen and oxygen atoms in total. The summed E-state index contributed by atoms with van der Waals surface area (Å²) in [7, 11) is 0. The van der Waals surface area contributed by atoms with Crippen LogP contribution < -0.4 is 5.32 Å². The Kier molecular flexibility index (Phi) is 5.75. The topological polar surface area (TPSA) is 12.0 Å². The lowest BCUT2D eigenvalue weighted by Crippen LogP contribution is -2.19. The molecule has 0 aromatic carbocycles. The minimum Gasteiger partial charge on any atom is -0.310 e. The molecule has 1 aromatic heterocycles. The zero-order chi connectivity index (χ0) is 10.4. The van der Waals surface area contributed by atoms with Crippen molar-refractivity contribution in [2.45, 2.75) is 39.2 Å². The Morgan fingerprint density at radius 3 is 2.79 bits per heavy atom. The molecule has 1 atom stereocenters. The van der Waals surface area contributed by atoms with Crippen LogP contribution in [0.3, 0.4) is 0 Å². The molecule has 0 fully saturated rings. The predicted molar refractivity (Wildman–Crippen MR) is 68.0 cm³/mol. The minimum absolute atomic E-state index is 0.552. The molecule has 3 heteroatoms. The van der Waals surface area contributed by atoms with E-state index in [2.05, 4.69) is 46.5 Å². The lowest BCUT2D eigenvalue weighted by atomic mass is 10.1. The summed E-state index contributed by atoms with van der Waals surface area (Å²) in [6.45, 7) is 5.46. The van der Waals surface area contributed by atoms with E-state index in [9.17, 15) is 0 Å². The molecule has 1 unspecified atom stereocenters. The Labute approximate surface area is 99.0 Å². The Hall–Kier alpha value is 0.140. The van der Waals surface area contributed by atoms with Crippen LogP contribution in [0.25, 0.3) is 0 Å². The molecule has 0 bridgehead atoms. The van der Waals surface area contributed by atoms with E-state index in [1.54, 1.807) is 0 Å². The lowest BCUT2D eigenvalue weighted by molar-refractivity contribution is 0.501. The molecule has 1 N–H and O–H groups in total. The first kappa shape index (κ1) is 12.2. The van der Waals surface area contributed by atoms with Crippen molar-refractivity contribution in [3.05, 3.63) is 20.8 Å². The number of unbranched alkanes of at least 4 members (excludes halogenated alkanes) is 1. The van der Waals surface area contributed by atoms with Gasteiger partial charge in [-0.25, -0.2) is 0 Å². The molecule has 1 heterocycles. The molecular formula is C11H18BrNS. The first-order valence-corrected chi connectivity index (χ1v) is 6.92. The van der Waals surface area contributed by atoms with E-state index < -0.39 is 0 Å². The standard InChI is InChI=1S/C11H18BrNS/c1-3-5-6-10(13-4-2)11-7-9(12)8-14-11/h7-8,10,13H,3-6H2,1-2H3. The molecular weight excluding hydrogens is 258 g/mol. The van der Waals surface area contributed by atoms with E-state index in [-0.39, 0.29) is 0 Å². The molecule has 1 aromatic rings. The number of rotatable bonds is 6. The molecule has 0 spiro atoms. The number of hydrogen-bond donors (Lipinski definition) is 1. The molecule has 0 aliphatic heterocycles. The fourth-order valence-electron chi connectivity index (χ4n) is 1.51. The van der Waals surface area contributed by atoms with Crippen LogP contribution in [-0.2, 0) is 0 Å². The SMILES string of the molecule is CCCCC(NCC)c1cc(Br)cs1. The lowest BCUT2D eigenvalue weighted by Gasteiger charge is -2.15. The van der Waals surface area contributed by atoms with E-state index in [1.165, 1.54) is 28.6 Å². The summed E-state index contributed by atoms with van der Waals surface area (Å²) >= 11 is 5.34. The third-order valence-corrected chi connectivity index (χ3v) is 4.04. The van der Waals surface area contributed by atoms with Crippen molar-refractivity contribution < 1.29 is 0 Å². The highest BCUT2D eigenvalue weighted by Gasteiger charge is 2.11. The monoisotopic (exact) mass is 275 g/mol. The molecule has 0 aliphatic rings.